The highest BCUT2D eigenvalue weighted by Crippen LogP contribution is 2.32. The summed E-state index contributed by atoms with van der Waals surface area (Å²) < 4.78 is 6.15. The van der Waals surface area contributed by atoms with Gasteiger partial charge in [0.15, 0.2) is 0 Å². The molecule has 108 valence electrons. The van der Waals surface area contributed by atoms with Crippen LogP contribution in [-0.4, -0.2) is 24.8 Å². The van der Waals surface area contributed by atoms with Gasteiger partial charge < -0.3 is 10.1 Å². The fourth-order valence-corrected chi connectivity index (χ4v) is 3.05. The Morgan fingerprint density at radius 3 is 2.39 bits per heavy atom. The lowest BCUT2D eigenvalue weighted by atomic mass is 9.81. The molecule has 0 bridgehead atoms. The van der Waals surface area contributed by atoms with Crippen molar-refractivity contribution in [2.24, 2.45) is 5.92 Å². The number of hydrogen-bond donors (Lipinski definition) is 1. The first kappa shape index (κ1) is 16.0. The molecular formula is C16H33NO. The molecule has 0 radical (unpaired) electrons. The second-order valence-electron chi connectivity index (χ2n) is 6.04. The van der Waals surface area contributed by atoms with Crippen molar-refractivity contribution < 1.29 is 4.74 Å². The van der Waals surface area contributed by atoms with E-state index in [1.165, 1.54) is 44.9 Å². The molecule has 0 aliphatic carbocycles. The Morgan fingerprint density at radius 1 is 1.17 bits per heavy atom. The minimum atomic E-state index is 0.0655. The van der Waals surface area contributed by atoms with Crippen LogP contribution in [0.3, 0.4) is 0 Å². The smallest absolute Gasteiger partial charge is 0.0806 e. The topological polar surface area (TPSA) is 21.3 Å². The molecular weight excluding hydrogens is 222 g/mol. The molecule has 0 amide bonds. The van der Waals surface area contributed by atoms with Crippen LogP contribution in [0.25, 0.3) is 0 Å². The molecule has 1 aliphatic rings. The molecule has 2 unspecified atom stereocenters. The van der Waals surface area contributed by atoms with Crippen LogP contribution in [0.2, 0.25) is 0 Å². The minimum absolute atomic E-state index is 0.0655. The molecule has 2 nitrogen and oxygen atoms in total. The largest absolute Gasteiger partial charge is 0.374 e. The van der Waals surface area contributed by atoms with Gasteiger partial charge in [-0.15, -0.1) is 0 Å². The summed E-state index contributed by atoms with van der Waals surface area (Å²) in [6.07, 6.45) is 8.83. The van der Waals surface area contributed by atoms with Gasteiger partial charge in [-0.3, -0.25) is 0 Å². The zero-order valence-electron chi connectivity index (χ0n) is 12.9. The van der Waals surface area contributed by atoms with Gasteiger partial charge >= 0.3 is 0 Å². The Balaban J connectivity index is 2.62. The van der Waals surface area contributed by atoms with Crippen molar-refractivity contribution in [3.05, 3.63) is 0 Å². The van der Waals surface area contributed by atoms with Crippen LogP contribution in [0.5, 0.6) is 0 Å². The predicted octanol–water partition coefficient (Wildman–Crippen LogP) is 4.14. The van der Waals surface area contributed by atoms with Gasteiger partial charge in [-0.1, -0.05) is 33.6 Å². The highest BCUT2D eigenvalue weighted by molar-refractivity contribution is 4.92. The van der Waals surface area contributed by atoms with Crippen molar-refractivity contribution in [3.63, 3.8) is 0 Å². The monoisotopic (exact) mass is 255 g/mol. The highest BCUT2D eigenvalue weighted by atomic mass is 16.5. The van der Waals surface area contributed by atoms with Crippen molar-refractivity contribution in [2.45, 2.75) is 84.3 Å². The van der Waals surface area contributed by atoms with Crippen LogP contribution in [-0.2, 0) is 4.74 Å². The standard InChI is InChI=1S/C16H33NO/c1-5-11-17-15(13-14(6-2)7-3)16(4)10-8-9-12-18-16/h14-15,17H,5-13H2,1-4H3. The molecule has 1 fully saturated rings. The summed E-state index contributed by atoms with van der Waals surface area (Å²) in [5.74, 6) is 0.835. The number of rotatable bonds is 8. The average molecular weight is 255 g/mol. The van der Waals surface area contributed by atoms with Crippen molar-refractivity contribution in [2.75, 3.05) is 13.2 Å². The third kappa shape index (κ3) is 4.55. The first-order valence-electron chi connectivity index (χ1n) is 8.03. The van der Waals surface area contributed by atoms with Crippen molar-refractivity contribution in [1.29, 1.82) is 0 Å². The zero-order chi connectivity index (χ0) is 13.4. The van der Waals surface area contributed by atoms with E-state index in [1.807, 2.05) is 0 Å². The molecule has 18 heavy (non-hydrogen) atoms. The maximum Gasteiger partial charge on any atom is 0.0806 e. The molecule has 1 aliphatic heterocycles. The van der Waals surface area contributed by atoms with Gasteiger partial charge in [0.25, 0.3) is 0 Å². The second kappa shape index (κ2) is 8.16. The van der Waals surface area contributed by atoms with Crippen molar-refractivity contribution >= 4 is 0 Å². The molecule has 2 heteroatoms. The first-order chi connectivity index (χ1) is 8.66. The number of hydrogen-bond acceptors (Lipinski definition) is 2. The molecule has 1 rings (SSSR count). The van der Waals surface area contributed by atoms with E-state index in [9.17, 15) is 0 Å². The van der Waals surface area contributed by atoms with Crippen molar-refractivity contribution in [1.82, 2.24) is 5.32 Å². The van der Waals surface area contributed by atoms with Gasteiger partial charge in [0.05, 0.1) is 5.60 Å². The van der Waals surface area contributed by atoms with Crippen LogP contribution in [0.15, 0.2) is 0 Å². The molecule has 1 saturated heterocycles. The molecule has 0 aromatic rings. The highest BCUT2D eigenvalue weighted by Gasteiger charge is 2.37. The lowest BCUT2D eigenvalue weighted by Gasteiger charge is -2.42. The molecule has 0 saturated carbocycles. The molecule has 1 heterocycles. The predicted molar refractivity (Wildman–Crippen MR) is 79.0 cm³/mol. The van der Waals surface area contributed by atoms with E-state index in [0.717, 1.165) is 19.1 Å². The van der Waals surface area contributed by atoms with Gasteiger partial charge in [0.2, 0.25) is 0 Å². The van der Waals surface area contributed by atoms with E-state index >= 15 is 0 Å². The molecule has 0 aromatic carbocycles. The minimum Gasteiger partial charge on any atom is -0.374 e. The van der Waals surface area contributed by atoms with Crippen LogP contribution < -0.4 is 5.32 Å². The fourth-order valence-electron chi connectivity index (χ4n) is 3.05. The summed E-state index contributed by atoms with van der Waals surface area (Å²) in [4.78, 5) is 0. The third-order valence-corrected chi connectivity index (χ3v) is 4.60. The van der Waals surface area contributed by atoms with E-state index in [1.54, 1.807) is 0 Å². The molecule has 2 atom stereocenters. The van der Waals surface area contributed by atoms with Gasteiger partial charge in [0, 0.05) is 12.6 Å². The molecule has 0 spiro atoms. The van der Waals surface area contributed by atoms with Crippen LogP contribution >= 0.6 is 0 Å². The first-order valence-corrected chi connectivity index (χ1v) is 8.03. The van der Waals surface area contributed by atoms with Crippen LogP contribution in [0.1, 0.15) is 72.6 Å². The maximum absolute atomic E-state index is 6.15. The van der Waals surface area contributed by atoms with E-state index in [2.05, 4.69) is 33.0 Å². The number of ether oxygens (including phenoxy) is 1. The summed E-state index contributed by atoms with van der Waals surface area (Å²) in [7, 11) is 0. The number of nitrogens with one attached hydrogen (secondary N) is 1. The molecule has 0 aromatic heterocycles. The van der Waals surface area contributed by atoms with E-state index in [0.29, 0.717) is 6.04 Å². The summed E-state index contributed by atoms with van der Waals surface area (Å²) in [6, 6.07) is 0.530. The van der Waals surface area contributed by atoms with Crippen molar-refractivity contribution in [3.8, 4) is 0 Å². The molecule has 1 N–H and O–H groups in total. The lowest BCUT2D eigenvalue weighted by Crippen LogP contribution is -2.53. The van der Waals surface area contributed by atoms with E-state index in [4.69, 9.17) is 4.74 Å². The summed E-state index contributed by atoms with van der Waals surface area (Å²) in [5, 5.41) is 3.75. The Hall–Kier alpha value is -0.0800. The van der Waals surface area contributed by atoms with E-state index < -0.39 is 0 Å². The van der Waals surface area contributed by atoms with Crippen LogP contribution in [0, 0.1) is 5.92 Å². The van der Waals surface area contributed by atoms with E-state index in [-0.39, 0.29) is 5.60 Å². The van der Waals surface area contributed by atoms with Gasteiger partial charge in [-0.05, 0) is 51.5 Å². The zero-order valence-corrected chi connectivity index (χ0v) is 12.9. The second-order valence-corrected chi connectivity index (χ2v) is 6.04. The van der Waals surface area contributed by atoms with Gasteiger partial charge in [-0.25, -0.2) is 0 Å². The van der Waals surface area contributed by atoms with Gasteiger partial charge in [-0.2, -0.15) is 0 Å². The quantitative estimate of drug-likeness (QED) is 0.704. The Kier molecular flexibility index (Phi) is 7.25. The normalized spacial score (nSPS) is 26.5. The Labute approximate surface area is 114 Å². The Morgan fingerprint density at radius 2 is 1.89 bits per heavy atom. The summed E-state index contributed by atoms with van der Waals surface area (Å²) in [5.41, 5.74) is 0.0655. The summed E-state index contributed by atoms with van der Waals surface area (Å²) in [6.45, 7) is 11.3. The third-order valence-electron chi connectivity index (χ3n) is 4.60. The lowest BCUT2D eigenvalue weighted by molar-refractivity contribution is -0.0928. The van der Waals surface area contributed by atoms with Crippen LogP contribution in [0.4, 0.5) is 0 Å². The van der Waals surface area contributed by atoms with Gasteiger partial charge in [0.1, 0.15) is 0 Å². The Bertz CT molecular complexity index is 207. The fraction of sp³-hybridized carbons (Fsp3) is 1.00. The average Bonchev–Trinajstić information content (AvgIpc) is 2.40. The summed E-state index contributed by atoms with van der Waals surface area (Å²) >= 11 is 0. The maximum atomic E-state index is 6.15. The SMILES string of the molecule is CCCNC(CC(CC)CC)C1(C)CCCCO1.